The Morgan fingerprint density at radius 2 is 1.85 bits per heavy atom. The van der Waals surface area contributed by atoms with Gasteiger partial charge in [-0.2, -0.15) is 0 Å². The van der Waals surface area contributed by atoms with Gasteiger partial charge in [0.25, 0.3) is 5.91 Å². The zero-order chi connectivity index (χ0) is 18.6. The van der Waals surface area contributed by atoms with Crippen LogP contribution in [0.5, 0.6) is 0 Å². The Balaban J connectivity index is 1.30. The van der Waals surface area contributed by atoms with E-state index in [-0.39, 0.29) is 11.8 Å². The standard InChI is InChI=1S/C22H25N3O2/c26-21-9-4-12-25(21)20-8-3-7-18(15-20)22(27)23-11-14-24-13-10-17-5-1-2-6-19(17)16-24/h1-3,5-8,15H,4,9-14,16H2,(H,23,27). The number of rotatable bonds is 5. The van der Waals surface area contributed by atoms with Gasteiger partial charge >= 0.3 is 0 Å². The van der Waals surface area contributed by atoms with Crippen LogP contribution in [0.3, 0.4) is 0 Å². The summed E-state index contributed by atoms with van der Waals surface area (Å²) in [6.45, 7) is 4.16. The van der Waals surface area contributed by atoms with E-state index in [9.17, 15) is 9.59 Å². The van der Waals surface area contributed by atoms with Gasteiger partial charge in [0.1, 0.15) is 0 Å². The molecule has 0 atom stereocenters. The molecule has 5 heteroatoms. The average Bonchev–Trinajstić information content (AvgIpc) is 3.14. The minimum Gasteiger partial charge on any atom is -0.351 e. The van der Waals surface area contributed by atoms with Crippen molar-refractivity contribution >= 4 is 17.5 Å². The Bertz CT molecular complexity index is 849. The second-order valence-corrected chi connectivity index (χ2v) is 7.25. The highest BCUT2D eigenvalue weighted by Crippen LogP contribution is 2.22. The number of carbonyl (C=O) groups is 2. The van der Waals surface area contributed by atoms with Crippen LogP contribution >= 0.6 is 0 Å². The maximum atomic E-state index is 12.5. The number of nitrogens with zero attached hydrogens (tertiary/aromatic N) is 2. The molecule has 0 bridgehead atoms. The summed E-state index contributed by atoms with van der Waals surface area (Å²) in [6, 6.07) is 15.9. The molecule has 5 nitrogen and oxygen atoms in total. The molecule has 1 saturated heterocycles. The Kier molecular flexibility index (Phi) is 5.21. The van der Waals surface area contributed by atoms with Crippen LogP contribution < -0.4 is 10.2 Å². The molecule has 27 heavy (non-hydrogen) atoms. The maximum Gasteiger partial charge on any atom is 0.251 e. The van der Waals surface area contributed by atoms with Crippen molar-refractivity contribution in [1.29, 1.82) is 0 Å². The third-order valence-electron chi connectivity index (χ3n) is 5.42. The molecule has 0 radical (unpaired) electrons. The third-order valence-corrected chi connectivity index (χ3v) is 5.42. The van der Waals surface area contributed by atoms with Crippen LogP contribution in [0.1, 0.15) is 34.3 Å². The normalized spacial score (nSPS) is 17.0. The second kappa shape index (κ2) is 7.92. The third kappa shape index (κ3) is 4.03. The van der Waals surface area contributed by atoms with Gasteiger partial charge in [0.05, 0.1) is 0 Å². The molecular weight excluding hydrogens is 338 g/mol. The van der Waals surface area contributed by atoms with Crippen LogP contribution in [0.2, 0.25) is 0 Å². The van der Waals surface area contributed by atoms with E-state index in [0.29, 0.717) is 18.5 Å². The maximum absolute atomic E-state index is 12.5. The summed E-state index contributed by atoms with van der Waals surface area (Å²) in [4.78, 5) is 28.6. The zero-order valence-corrected chi connectivity index (χ0v) is 15.5. The predicted molar refractivity (Wildman–Crippen MR) is 106 cm³/mol. The molecule has 0 aliphatic carbocycles. The van der Waals surface area contributed by atoms with E-state index >= 15 is 0 Å². The van der Waals surface area contributed by atoms with E-state index < -0.39 is 0 Å². The number of carbonyl (C=O) groups excluding carboxylic acids is 2. The summed E-state index contributed by atoms with van der Waals surface area (Å²) < 4.78 is 0. The van der Waals surface area contributed by atoms with Crippen molar-refractivity contribution in [1.82, 2.24) is 10.2 Å². The summed E-state index contributed by atoms with van der Waals surface area (Å²) in [5.41, 5.74) is 4.25. The van der Waals surface area contributed by atoms with E-state index in [1.165, 1.54) is 11.1 Å². The summed E-state index contributed by atoms with van der Waals surface area (Å²) in [7, 11) is 0. The molecule has 0 unspecified atom stereocenters. The number of hydrogen-bond acceptors (Lipinski definition) is 3. The fourth-order valence-corrected chi connectivity index (χ4v) is 3.91. The fraction of sp³-hybridized carbons (Fsp3) is 0.364. The highest BCUT2D eigenvalue weighted by molar-refractivity contribution is 5.99. The monoisotopic (exact) mass is 363 g/mol. The first kappa shape index (κ1) is 17.7. The number of anilines is 1. The lowest BCUT2D eigenvalue weighted by Gasteiger charge is -2.28. The number of hydrogen-bond donors (Lipinski definition) is 1. The van der Waals surface area contributed by atoms with Gasteiger partial charge in [-0.3, -0.25) is 14.5 Å². The number of nitrogens with one attached hydrogen (secondary N) is 1. The van der Waals surface area contributed by atoms with Crippen LogP contribution in [0.15, 0.2) is 48.5 Å². The van der Waals surface area contributed by atoms with Crippen molar-refractivity contribution in [2.24, 2.45) is 0 Å². The Labute approximate surface area is 160 Å². The quantitative estimate of drug-likeness (QED) is 0.888. The lowest BCUT2D eigenvalue weighted by Crippen LogP contribution is -2.37. The largest absolute Gasteiger partial charge is 0.351 e. The highest BCUT2D eigenvalue weighted by Gasteiger charge is 2.22. The number of amides is 2. The first-order valence-electron chi connectivity index (χ1n) is 9.68. The van der Waals surface area contributed by atoms with Crippen LogP contribution in [0, 0.1) is 0 Å². The van der Waals surface area contributed by atoms with Crippen molar-refractivity contribution < 1.29 is 9.59 Å². The van der Waals surface area contributed by atoms with Crippen molar-refractivity contribution in [2.45, 2.75) is 25.8 Å². The van der Waals surface area contributed by atoms with Gasteiger partial charge in [-0.05, 0) is 42.2 Å². The average molecular weight is 363 g/mol. The van der Waals surface area contributed by atoms with Gasteiger partial charge in [-0.1, -0.05) is 30.3 Å². The van der Waals surface area contributed by atoms with E-state index in [4.69, 9.17) is 0 Å². The molecule has 4 rings (SSSR count). The van der Waals surface area contributed by atoms with Crippen molar-refractivity contribution in [3.63, 3.8) is 0 Å². The molecule has 2 aromatic carbocycles. The molecule has 140 valence electrons. The molecule has 2 aliphatic heterocycles. The van der Waals surface area contributed by atoms with Crippen LogP contribution in [0.25, 0.3) is 0 Å². The van der Waals surface area contributed by atoms with Crippen LogP contribution in [-0.2, 0) is 17.8 Å². The molecule has 2 amide bonds. The molecule has 0 saturated carbocycles. The molecule has 1 fully saturated rings. The minimum atomic E-state index is -0.0825. The molecule has 2 aliphatic rings. The van der Waals surface area contributed by atoms with E-state index in [0.717, 1.165) is 44.7 Å². The molecule has 2 aromatic rings. The topological polar surface area (TPSA) is 52.7 Å². The van der Waals surface area contributed by atoms with E-state index in [2.05, 4.69) is 34.5 Å². The highest BCUT2D eigenvalue weighted by atomic mass is 16.2. The Hall–Kier alpha value is -2.66. The first-order chi connectivity index (χ1) is 13.2. The Morgan fingerprint density at radius 1 is 1.00 bits per heavy atom. The Morgan fingerprint density at radius 3 is 2.67 bits per heavy atom. The first-order valence-corrected chi connectivity index (χ1v) is 9.68. The van der Waals surface area contributed by atoms with Gasteiger partial charge < -0.3 is 10.2 Å². The summed E-state index contributed by atoms with van der Waals surface area (Å²) >= 11 is 0. The lowest BCUT2D eigenvalue weighted by molar-refractivity contribution is -0.117. The van der Waals surface area contributed by atoms with E-state index in [1.54, 1.807) is 11.0 Å². The smallest absolute Gasteiger partial charge is 0.251 e. The van der Waals surface area contributed by atoms with Crippen molar-refractivity contribution in [3.8, 4) is 0 Å². The minimum absolute atomic E-state index is 0.0825. The molecule has 0 aromatic heterocycles. The number of benzene rings is 2. The van der Waals surface area contributed by atoms with Crippen molar-refractivity contribution in [3.05, 3.63) is 65.2 Å². The van der Waals surface area contributed by atoms with Gasteiger partial charge in [0.2, 0.25) is 5.91 Å². The second-order valence-electron chi connectivity index (χ2n) is 7.25. The van der Waals surface area contributed by atoms with Gasteiger partial charge in [-0.15, -0.1) is 0 Å². The predicted octanol–water partition coefficient (Wildman–Crippen LogP) is 2.60. The number of fused-ring (bicyclic) bond motifs is 1. The summed E-state index contributed by atoms with van der Waals surface area (Å²) in [5.74, 6) is 0.0545. The van der Waals surface area contributed by atoms with Crippen molar-refractivity contribution in [2.75, 3.05) is 31.1 Å². The molecule has 0 spiro atoms. The fourth-order valence-electron chi connectivity index (χ4n) is 3.91. The van der Waals surface area contributed by atoms with Crippen LogP contribution in [-0.4, -0.2) is 42.9 Å². The summed E-state index contributed by atoms with van der Waals surface area (Å²) in [5, 5.41) is 3.02. The van der Waals surface area contributed by atoms with Gasteiger partial charge in [0.15, 0.2) is 0 Å². The SMILES string of the molecule is O=C(NCCN1CCc2ccccc2C1)c1cccc(N2CCCC2=O)c1. The van der Waals surface area contributed by atoms with Crippen LogP contribution in [0.4, 0.5) is 5.69 Å². The molecule has 2 heterocycles. The van der Waals surface area contributed by atoms with Gasteiger partial charge in [0, 0.05) is 50.4 Å². The zero-order valence-electron chi connectivity index (χ0n) is 15.5. The van der Waals surface area contributed by atoms with Gasteiger partial charge in [-0.25, -0.2) is 0 Å². The van der Waals surface area contributed by atoms with E-state index in [1.807, 2.05) is 18.2 Å². The molecule has 1 N–H and O–H groups in total. The molecular formula is C22H25N3O2. The summed E-state index contributed by atoms with van der Waals surface area (Å²) in [6.07, 6.45) is 2.54. The lowest BCUT2D eigenvalue weighted by atomic mass is 10.00.